The first-order valence-electron chi connectivity index (χ1n) is 13.4. The molecule has 0 unspecified atom stereocenters. The Labute approximate surface area is 220 Å². The molecule has 4 aromatic heterocycles. The van der Waals surface area contributed by atoms with Gasteiger partial charge in [-0.1, -0.05) is 37.1 Å². The van der Waals surface area contributed by atoms with E-state index in [1.54, 1.807) is 6.20 Å². The predicted molar refractivity (Wildman–Crippen MR) is 151 cm³/mol. The maximum Gasteiger partial charge on any atom is 0.159 e. The zero-order chi connectivity index (χ0) is 25.3. The van der Waals surface area contributed by atoms with Crippen molar-refractivity contribution in [3.05, 3.63) is 84.8 Å². The summed E-state index contributed by atoms with van der Waals surface area (Å²) in [4.78, 5) is 17.5. The molecule has 1 aliphatic rings. The van der Waals surface area contributed by atoms with Crippen LogP contribution in [0, 0.1) is 5.92 Å². The minimum Gasteiger partial charge on any atom is -0.337 e. The van der Waals surface area contributed by atoms with Gasteiger partial charge in [-0.25, -0.2) is 4.98 Å². The van der Waals surface area contributed by atoms with Gasteiger partial charge >= 0.3 is 0 Å². The van der Waals surface area contributed by atoms with E-state index < -0.39 is 0 Å². The third-order valence-electron chi connectivity index (χ3n) is 7.61. The SMILES string of the molecule is c1ccc(-c2cccc3[nH]c(-c4n[nH]c5ccc(-c6cncc(CNCC7CCCC7)c6)cc45)nc23)nc1. The first-order valence-corrected chi connectivity index (χ1v) is 13.4. The quantitative estimate of drug-likeness (QED) is 0.233. The minimum absolute atomic E-state index is 0.731. The summed E-state index contributed by atoms with van der Waals surface area (Å²) in [6, 6.07) is 20.6. The molecule has 6 aromatic rings. The number of imidazole rings is 1. The number of nitrogens with one attached hydrogen (secondary N) is 3. The van der Waals surface area contributed by atoms with Gasteiger partial charge in [-0.15, -0.1) is 0 Å². The maximum absolute atomic E-state index is 4.97. The molecule has 188 valence electrons. The molecule has 0 aliphatic heterocycles. The fraction of sp³-hybridized carbons (Fsp3) is 0.226. The standard InChI is InChI=1S/C31H29N7/c1-2-7-20(6-1)16-32-17-21-14-23(19-33-18-21)22-11-12-27-25(15-22)30(38-37-27)31-35-28-10-5-8-24(29(28)36-31)26-9-3-4-13-34-26/h3-5,8-15,18-20,32H,1-2,6-7,16-17H2,(H,35,36)(H,37,38). The van der Waals surface area contributed by atoms with Crippen LogP contribution in [0.25, 0.3) is 55.8 Å². The van der Waals surface area contributed by atoms with Crippen molar-refractivity contribution in [3.63, 3.8) is 0 Å². The molecule has 7 nitrogen and oxygen atoms in total. The van der Waals surface area contributed by atoms with Gasteiger partial charge in [0, 0.05) is 41.6 Å². The lowest BCUT2D eigenvalue weighted by Crippen LogP contribution is -2.20. The Morgan fingerprint density at radius 3 is 2.74 bits per heavy atom. The molecule has 2 aromatic carbocycles. The smallest absolute Gasteiger partial charge is 0.159 e. The molecule has 7 heteroatoms. The van der Waals surface area contributed by atoms with Gasteiger partial charge in [0.2, 0.25) is 0 Å². The lowest BCUT2D eigenvalue weighted by molar-refractivity contribution is 0.489. The monoisotopic (exact) mass is 499 g/mol. The number of benzene rings is 2. The minimum atomic E-state index is 0.731. The van der Waals surface area contributed by atoms with Crippen LogP contribution in [0.4, 0.5) is 0 Å². The summed E-state index contributed by atoms with van der Waals surface area (Å²) in [5.41, 5.74) is 8.91. The Morgan fingerprint density at radius 2 is 1.84 bits per heavy atom. The van der Waals surface area contributed by atoms with E-state index in [9.17, 15) is 0 Å². The fourth-order valence-corrected chi connectivity index (χ4v) is 5.62. The van der Waals surface area contributed by atoms with Crippen molar-refractivity contribution >= 4 is 21.9 Å². The third kappa shape index (κ3) is 4.35. The second-order valence-corrected chi connectivity index (χ2v) is 10.2. The van der Waals surface area contributed by atoms with Gasteiger partial charge in [-0.3, -0.25) is 15.1 Å². The van der Waals surface area contributed by atoms with Crippen molar-refractivity contribution < 1.29 is 0 Å². The summed E-state index contributed by atoms with van der Waals surface area (Å²) in [5.74, 6) is 1.56. The molecule has 0 spiro atoms. The number of H-pyrrole nitrogens is 2. The Balaban J connectivity index is 1.20. The second kappa shape index (κ2) is 9.84. The Hall–Kier alpha value is -4.36. The molecule has 0 bridgehead atoms. The van der Waals surface area contributed by atoms with E-state index in [2.05, 4.69) is 60.8 Å². The molecule has 0 amide bonds. The van der Waals surface area contributed by atoms with E-state index in [0.29, 0.717) is 0 Å². The average molecular weight is 500 g/mol. The Kier molecular flexibility index (Phi) is 5.90. The highest BCUT2D eigenvalue weighted by Crippen LogP contribution is 2.33. The van der Waals surface area contributed by atoms with Gasteiger partial charge in [0.05, 0.1) is 22.2 Å². The largest absolute Gasteiger partial charge is 0.337 e. The molecule has 0 radical (unpaired) electrons. The molecular formula is C31H29N7. The molecule has 3 N–H and O–H groups in total. The number of hydrogen-bond acceptors (Lipinski definition) is 5. The lowest BCUT2D eigenvalue weighted by Gasteiger charge is -2.11. The Bertz CT molecular complexity index is 1710. The van der Waals surface area contributed by atoms with Crippen molar-refractivity contribution in [2.75, 3.05) is 6.54 Å². The number of pyridine rings is 2. The van der Waals surface area contributed by atoms with Crippen molar-refractivity contribution in [3.8, 4) is 33.9 Å². The number of fused-ring (bicyclic) bond motifs is 2. The molecule has 1 saturated carbocycles. The van der Waals surface area contributed by atoms with Crippen LogP contribution in [0.15, 0.2) is 79.3 Å². The van der Waals surface area contributed by atoms with Crippen LogP contribution < -0.4 is 5.32 Å². The topological polar surface area (TPSA) is 95.2 Å². The highest BCUT2D eigenvalue weighted by molar-refractivity contribution is 5.98. The van der Waals surface area contributed by atoms with E-state index in [0.717, 1.165) is 74.8 Å². The Morgan fingerprint density at radius 1 is 0.895 bits per heavy atom. The summed E-state index contributed by atoms with van der Waals surface area (Å²) >= 11 is 0. The van der Waals surface area contributed by atoms with Gasteiger partial charge in [0.25, 0.3) is 0 Å². The zero-order valence-electron chi connectivity index (χ0n) is 21.1. The second-order valence-electron chi connectivity index (χ2n) is 10.2. The van der Waals surface area contributed by atoms with Gasteiger partial charge < -0.3 is 10.3 Å². The molecule has 0 saturated heterocycles. The zero-order valence-corrected chi connectivity index (χ0v) is 21.1. The van der Waals surface area contributed by atoms with Crippen molar-refractivity contribution in [2.45, 2.75) is 32.2 Å². The summed E-state index contributed by atoms with van der Waals surface area (Å²) < 4.78 is 0. The van der Waals surface area contributed by atoms with Crippen LogP contribution in [0.3, 0.4) is 0 Å². The van der Waals surface area contributed by atoms with Crippen LogP contribution in [-0.4, -0.2) is 36.7 Å². The van der Waals surface area contributed by atoms with Crippen LogP contribution in [0.1, 0.15) is 31.2 Å². The van der Waals surface area contributed by atoms with Crippen LogP contribution >= 0.6 is 0 Å². The number of aromatic amines is 2. The number of rotatable bonds is 7. The molecule has 0 atom stereocenters. The molecule has 1 fully saturated rings. The third-order valence-corrected chi connectivity index (χ3v) is 7.61. The number of aromatic nitrogens is 6. The lowest BCUT2D eigenvalue weighted by atomic mass is 10.0. The summed E-state index contributed by atoms with van der Waals surface area (Å²) in [7, 11) is 0. The van der Waals surface area contributed by atoms with Crippen molar-refractivity contribution in [1.82, 2.24) is 35.5 Å². The normalized spacial score (nSPS) is 14.1. The van der Waals surface area contributed by atoms with Crippen molar-refractivity contribution in [2.24, 2.45) is 5.92 Å². The molecule has 4 heterocycles. The molecule has 7 rings (SSSR count). The van der Waals surface area contributed by atoms with E-state index in [1.165, 1.54) is 31.2 Å². The van der Waals surface area contributed by atoms with E-state index in [4.69, 9.17) is 4.98 Å². The highest BCUT2D eigenvalue weighted by Gasteiger charge is 2.17. The highest BCUT2D eigenvalue weighted by atomic mass is 15.1. The van der Waals surface area contributed by atoms with Gasteiger partial charge in [0.15, 0.2) is 5.82 Å². The van der Waals surface area contributed by atoms with E-state index in [1.807, 2.05) is 42.7 Å². The van der Waals surface area contributed by atoms with Crippen LogP contribution in [-0.2, 0) is 6.54 Å². The fourth-order valence-electron chi connectivity index (χ4n) is 5.62. The number of hydrogen-bond donors (Lipinski definition) is 3. The molecule has 1 aliphatic carbocycles. The van der Waals surface area contributed by atoms with Crippen LogP contribution in [0.5, 0.6) is 0 Å². The molecule has 38 heavy (non-hydrogen) atoms. The van der Waals surface area contributed by atoms with Crippen molar-refractivity contribution in [1.29, 1.82) is 0 Å². The summed E-state index contributed by atoms with van der Waals surface area (Å²) in [5, 5.41) is 12.5. The van der Waals surface area contributed by atoms with E-state index in [-0.39, 0.29) is 0 Å². The maximum atomic E-state index is 4.97. The predicted octanol–water partition coefficient (Wildman–Crippen LogP) is 6.51. The van der Waals surface area contributed by atoms with Gasteiger partial charge in [-0.05, 0) is 72.8 Å². The number of para-hydroxylation sites is 1. The molecular weight excluding hydrogens is 470 g/mol. The average Bonchev–Trinajstić information content (AvgIpc) is 3.73. The number of nitrogens with zero attached hydrogens (tertiary/aromatic N) is 4. The van der Waals surface area contributed by atoms with Gasteiger partial charge in [0.1, 0.15) is 5.69 Å². The summed E-state index contributed by atoms with van der Waals surface area (Å²) in [6.07, 6.45) is 11.2. The first kappa shape index (κ1) is 22.8. The summed E-state index contributed by atoms with van der Waals surface area (Å²) in [6.45, 7) is 1.93. The van der Waals surface area contributed by atoms with E-state index >= 15 is 0 Å². The first-order chi connectivity index (χ1) is 18.8. The van der Waals surface area contributed by atoms with Gasteiger partial charge in [-0.2, -0.15) is 5.10 Å². The van der Waals surface area contributed by atoms with Crippen LogP contribution in [0.2, 0.25) is 0 Å².